The molecule has 0 saturated heterocycles. The second-order valence-electron chi connectivity index (χ2n) is 14.2. The third kappa shape index (κ3) is 15.5. The first kappa shape index (κ1) is 39.7. The summed E-state index contributed by atoms with van der Waals surface area (Å²) in [5.41, 5.74) is -1.33. The molecule has 43 heavy (non-hydrogen) atoms. The Morgan fingerprint density at radius 3 is 1.09 bits per heavy atom. The highest BCUT2D eigenvalue weighted by atomic mass is 16.4. The summed E-state index contributed by atoms with van der Waals surface area (Å²) < 4.78 is 0. The normalized spacial score (nSPS) is 20.3. The number of unbranched alkanes of at least 4 members (excludes halogenated alkanes) is 24. The number of carboxylic acids is 2. The van der Waals surface area contributed by atoms with E-state index in [-0.39, 0.29) is 0 Å². The minimum absolute atomic E-state index is 0.358. The van der Waals surface area contributed by atoms with Gasteiger partial charge in [0.2, 0.25) is 0 Å². The molecule has 0 fully saturated rings. The molecule has 1 aliphatic rings. The summed E-state index contributed by atoms with van der Waals surface area (Å²) in [6, 6.07) is 0. The third-order valence-electron chi connectivity index (χ3n) is 10.5. The molecule has 4 nitrogen and oxygen atoms in total. The van der Waals surface area contributed by atoms with E-state index in [1.807, 2.05) is 13.0 Å². The summed E-state index contributed by atoms with van der Waals surface area (Å²) in [5, 5.41) is 21.2. The second-order valence-corrected chi connectivity index (χ2v) is 14.2. The van der Waals surface area contributed by atoms with Crippen LogP contribution < -0.4 is 0 Å². The number of carbonyl (C=O) groups is 2. The standard InChI is InChI=1S/C39H72O4/c1-4-6-8-10-12-14-16-18-20-22-24-26-28-31-38(36(40)41)33-30-35(3)34-39(38,37(42)43)32-29-27-25-23-21-19-17-15-13-11-9-7-5-2/h30H,4-29,31-34H2,1-3H3,(H,40,41)(H,42,43). The molecule has 0 saturated carbocycles. The van der Waals surface area contributed by atoms with Gasteiger partial charge in [-0.1, -0.05) is 192 Å². The van der Waals surface area contributed by atoms with Crippen molar-refractivity contribution in [2.75, 3.05) is 0 Å². The van der Waals surface area contributed by atoms with Crippen LogP contribution in [-0.2, 0) is 9.59 Å². The highest BCUT2D eigenvalue weighted by molar-refractivity contribution is 5.87. The molecule has 2 atom stereocenters. The molecule has 0 spiro atoms. The Bertz CT molecular complexity index is 744. The summed E-state index contributed by atoms with van der Waals surface area (Å²) in [6.07, 6.45) is 36.1. The Morgan fingerprint density at radius 1 is 0.512 bits per heavy atom. The highest BCUT2D eigenvalue weighted by Gasteiger charge is 2.61. The van der Waals surface area contributed by atoms with E-state index in [1.54, 1.807) is 0 Å². The molecular weight excluding hydrogens is 532 g/mol. The van der Waals surface area contributed by atoms with Crippen LogP contribution >= 0.6 is 0 Å². The lowest BCUT2D eigenvalue weighted by atomic mass is 9.52. The van der Waals surface area contributed by atoms with Crippen molar-refractivity contribution in [3.8, 4) is 0 Å². The van der Waals surface area contributed by atoms with Gasteiger partial charge < -0.3 is 10.2 Å². The van der Waals surface area contributed by atoms with Gasteiger partial charge in [-0.05, 0) is 32.6 Å². The maximum atomic E-state index is 12.9. The maximum Gasteiger partial charge on any atom is 0.311 e. The van der Waals surface area contributed by atoms with E-state index in [1.165, 1.54) is 128 Å². The summed E-state index contributed by atoms with van der Waals surface area (Å²) >= 11 is 0. The van der Waals surface area contributed by atoms with Crippen LogP contribution in [0, 0.1) is 10.8 Å². The van der Waals surface area contributed by atoms with Crippen LogP contribution in [0.1, 0.15) is 213 Å². The van der Waals surface area contributed by atoms with E-state index >= 15 is 0 Å². The molecule has 2 N–H and O–H groups in total. The summed E-state index contributed by atoms with van der Waals surface area (Å²) in [7, 11) is 0. The lowest BCUT2D eigenvalue weighted by Crippen LogP contribution is -2.54. The Balaban J connectivity index is 2.44. The number of carboxylic acid groups (broad SMARTS) is 2. The Morgan fingerprint density at radius 2 is 0.791 bits per heavy atom. The second kappa shape index (κ2) is 24.9. The summed E-state index contributed by atoms with van der Waals surface area (Å²) in [4.78, 5) is 25.8. The SMILES string of the molecule is CCCCCCCCCCCCCCCC1(C(=O)O)CC=C(C)CC1(CCCCCCCCCCCCCCC)C(=O)O. The largest absolute Gasteiger partial charge is 0.481 e. The zero-order chi connectivity index (χ0) is 31.7. The molecule has 0 aromatic heterocycles. The van der Waals surface area contributed by atoms with Gasteiger partial charge in [-0.15, -0.1) is 0 Å². The smallest absolute Gasteiger partial charge is 0.311 e. The maximum absolute atomic E-state index is 12.9. The van der Waals surface area contributed by atoms with E-state index in [2.05, 4.69) is 13.8 Å². The van der Waals surface area contributed by atoms with Crippen LogP contribution in [0.4, 0.5) is 0 Å². The number of hydrogen-bond acceptors (Lipinski definition) is 2. The van der Waals surface area contributed by atoms with Crippen LogP contribution in [0.5, 0.6) is 0 Å². The monoisotopic (exact) mass is 605 g/mol. The molecule has 1 aliphatic carbocycles. The molecule has 0 heterocycles. The summed E-state index contributed by atoms with van der Waals surface area (Å²) in [6.45, 7) is 6.51. The van der Waals surface area contributed by atoms with Crippen LogP contribution in [0.25, 0.3) is 0 Å². The van der Waals surface area contributed by atoms with Gasteiger partial charge in [-0.2, -0.15) is 0 Å². The fourth-order valence-electron chi connectivity index (χ4n) is 7.61. The van der Waals surface area contributed by atoms with Gasteiger partial charge >= 0.3 is 11.9 Å². The Kier molecular flexibility index (Phi) is 23.0. The number of aliphatic carboxylic acids is 2. The highest BCUT2D eigenvalue weighted by Crippen LogP contribution is 2.56. The molecule has 0 aliphatic heterocycles. The van der Waals surface area contributed by atoms with Gasteiger partial charge in [0, 0.05) is 0 Å². The number of rotatable bonds is 30. The van der Waals surface area contributed by atoms with Gasteiger partial charge in [-0.3, -0.25) is 9.59 Å². The van der Waals surface area contributed by atoms with E-state index in [0.29, 0.717) is 25.7 Å². The molecule has 0 bridgehead atoms. The molecule has 2 unspecified atom stereocenters. The zero-order valence-corrected chi connectivity index (χ0v) is 29.0. The molecule has 0 aromatic rings. The molecule has 0 amide bonds. The van der Waals surface area contributed by atoms with Crippen molar-refractivity contribution in [2.45, 2.75) is 213 Å². The van der Waals surface area contributed by atoms with Gasteiger partial charge in [-0.25, -0.2) is 0 Å². The van der Waals surface area contributed by atoms with Crippen LogP contribution in [0.3, 0.4) is 0 Å². The molecular formula is C39H72O4. The van der Waals surface area contributed by atoms with Crippen molar-refractivity contribution in [2.24, 2.45) is 10.8 Å². The predicted octanol–water partition coefficient (Wildman–Crippen LogP) is 12.8. The lowest BCUT2D eigenvalue weighted by Gasteiger charge is -2.48. The first-order valence-corrected chi connectivity index (χ1v) is 19.0. The minimum Gasteiger partial charge on any atom is -0.481 e. The average molecular weight is 605 g/mol. The van der Waals surface area contributed by atoms with Gasteiger partial charge in [0.05, 0.1) is 10.8 Å². The molecule has 1 rings (SSSR count). The fourth-order valence-corrected chi connectivity index (χ4v) is 7.61. The van der Waals surface area contributed by atoms with Gasteiger partial charge in [0.25, 0.3) is 0 Å². The lowest BCUT2D eigenvalue weighted by molar-refractivity contribution is -0.177. The minimum atomic E-state index is -1.19. The molecule has 4 heteroatoms. The van der Waals surface area contributed by atoms with Gasteiger partial charge in [0.15, 0.2) is 0 Å². The van der Waals surface area contributed by atoms with E-state index < -0.39 is 22.8 Å². The Hall–Kier alpha value is -1.32. The van der Waals surface area contributed by atoms with Crippen molar-refractivity contribution in [3.05, 3.63) is 11.6 Å². The molecule has 0 aromatic carbocycles. The van der Waals surface area contributed by atoms with E-state index in [4.69, 9.17) is 0 Å². The van der Waals surface area contributed by atoms with Crippen molar-refractivity contribution >= 4 is 11.9 Å². The number of hydrogen-bond donors (Lipinski definition) is 2. The topological polar surface area (TPSA) is 74.6 Å². The predicted molar refractivity (Wildman–Crippen MR) is 184 cm³/mol. The van der Waals surface area contributed by atoms with Crippen LogP contribution in [0.15, 0.2) is 11.6 Å². The van der Waals surface area contributed by atoms with E-state index in [9.17, 15) is 19.8 Å². The first-order chi connectivity index (χ1) is 20.9. The summed E-state index contributed by atoms with van der Waals surface area (Å²) in [5.74, 6) is -1.79. The van der Waals surface area contributed by atoms with Crippen molar-refractivity contribution in [1.82, 2.24) is 0 Å². The van der Waals surface area contributed by atoms with Gasteiger partial charge in [0.1, 0.15) is 0 Å². The zero-order valence-electron chi connectivity index (χ0n) is 29.0. The number of allylic oxidation sites excluding steroid dienone is 2. The third-order valence-corrected chi connectivity index (χ3v) is 10.5. The molecule has 0 radical (unpaired) electrons. The van der Waals surface area contributed by atoms with Crippen LogP contribution in [-0.4, -0.2) is 22.2 Å². The average Bonchev–Trinajstić information content (AvgIpc) is 2.98. The van der Waals surface area contributed by atoms with Crippen molar-refractivity contribution < 1.29 is 19.8 Å². The van der Waals surface area contributed by atoms with Crippen molar-refractivity contribution in [3.63, 3.8) is 0 Å². The first-order valence-electron chi connectivity index (χ1n) is 19.0. The van der Waals surface area contributed by atoms with Crippen LogP contribution in [0.2, 0.25) is 0 Å². The quantitative estimate of drug-likeness (QED) is 0.0631. The molecule has 252 valence electrons. The van der Waals surface area contributed by atoms with E-state index in [0.717, 1.165) is 44.1 Å². The Labute approximate surface area is 267 Å². The van der Waals surface area contributed by atoms with Crippen molar-refractivity contribution in [1.29, 1.82) is 0 Å². The fraction of sp³-hybridized carbons (Fsp3) is 0.897.